The molecular formula is C16H15NO3. The molecule has 0 saturated carbocycles. The highest BCUT2D eigenvalue weighted by atomic mass is 16.5. The molecule has 2 aromatic rings. The molecule has 0 saturated heterocycles. The van der Waals surface area contributed by atoms with Crippen molar-refractivity contribution in [2.45, 2.75) is 6.92 Å². The average Bonchev–Trinajstić information content (AvgIpc) is 2.47. The van der Waals surface area contributed by atoms with Gasteiger partial charge in [-0.05, 0) is 19.1 Å². The van der Waals surface area contributed by atoms with Gasteiger partial charge in [-0.1, -0.05) is 35.9 Å². The van der Waals surface area contributed by atoms with Gasteiger partial charge in [-0.25, -0.2) is 0 Å². The molecule has 0 radical (unpaired) electrons. The first-order valence-corrected chi connectivity index (χ1v) is 6.16. The van der Waals surface area contributed by atoms with Crippen molar-refractivity contribution in [3.63, 3.8) is 0 Å². The normalized spacial score (nSPS) is 9.90. The van der Waals surface area contributed by atoms with Gasteiger partial charge in [0.15, 0.2) is 0 Å². The highest BCUT2D eigenvalue weighted by Crippen LogP contribution is 2.17. The van der Waals surface area contributed by atoms with Crippen LogP contribution in [0.15, 0.2) is 48.5 Å². The Morgan fingerprint density at radius 1 is 1.05 bits per heavy atom. The number of carbonyl (C=O) groups excluding carboxylic acids is 2. The Labute approximate surface area is 117 Å². The fourth-order valence-electron chi connectivity index (χ4n) is 1.72. The number of rotatable bonds is 4. The summed E-state index contributed by atoms with van der Waals surface area (Å²) in [5.74, 6) is -0.611. The van der Waals surface area contributed by atoms with Crippen molar-refractivity contribution in [1.82, 2.24) is 0 Å². The van der Waals surface area contributed by atoms with Crippen molar-refractivity contribution < 1.29 is 14.3 Å². The van der Waals surface area contributed by atoms with E-state index in [9.17, 15) is 9.59 Å². The molecule has 0 aliphatic heterocycles. The Morgan fingerprint density at radius 3 is 2.40 bits per heavy atom. The summed E-state index contributed by atoms with van der Waals surface area (Å²) >= 11 is 0. The molecule has 0 bridgehead atoms. The lowest BCUT2D eigenvalue weighted by atomic mass is 10.1. The molecule has 0 fully saturated rings. The van der Waals surface area contributed by atoms with Gasteiger partial charge < -0.3 is 10.1 Å². The van der Waals surface area contributed by atoms with Crippen LogP contribution in [0.2, 0.25) is 0 Å². The van der Waals surface area contributed by atoms with E-state index < -0.39 is 11.7 Å². The number of anilines is 1. The van der Waals surface area contributed by atoms with Gasteiger partial charge in [0.25, 0.3) is 11.7 Å². The number of ether oxygens (including phenoxy) is 1. The second-order valence-corrected chi connectivity index (χ2v) is 4.38. The molecule has 20 heavy (non-hydrogen) atoms. The van der Waals surface area contributed by atoms with Gasteiger partial charge >= 0.3 is 0 Å². The van der Waals surface area contributed by atoms with Crippen LogP contribution in [0.25, 0.3) is 0 Å². The zero-order valence-corrected chi connectivity index (χ0v) is 11.3. The van der Waals surface area contributed by atoms with Crippen molar-refractivity contribution in [2.24, 2.45) is 0 Å². The number of hydrogen-bond acceptors (Lipinski definition) is 3. The smallest absolute Gasteiger partial charge is 0.296 e. The van der Waals surface area contributed by atoms with Crippen molar-refractivity contribution in [3.8, 4) is 5.75 Å². The van der Waals surface area contributed by atoms with Crippen LogP contribution >= 0.6 is 0 Å². The Kier molecular flexibility index (Phi) is 4.15. The predicted octanol–water partition coefficient (Wildman–Crippen LogP) is 2.83. The maximum Gasteiger partial charge on any atom is 0.296 e. The first kappa shape index (κ1) is 13.8. The SMILES string of the molecule is COc1cccc(NC(=O)C(=O)c2ccc(C)cc2)c1. The average molecular weight is 269 g/mol. The Bertz CT molecular complexity index is 632. The van der Waals surface area contributed by atoms with Gasteiger partial charge in [0.1, 0.15) is 5.75 Å². The predicted molar refractivity (Wildman–Crippen MR) is 77.1 cm³/mol. The molecule has 0 spiro atoms. The number of ketones is 1. The van der Waals surface area contributed by atoms with Crippen molar-refractivity contribution in [2.75, 3.05) is 12.4 Å². The summed E-state index contributed by atoms with van der Waals surface area (Å²) in [6.45, 7) is 1.92. The zero-order chi connectivity index (χ0) is 14.5. The zero-order valence-electron chi connectivity index (χ0n) is 11.3. The lowest BCUT2D eigenvalue weighted by Crippen LogP contribution is -2.22. The van der Waals surface area contributed by atoms with Gasteiger partial charge in [-0.2, -0.15) is 0 Å². The van der Waals surface area contributed by atoms with Crippen LogP contribution < -0.4 is 10.1 Å². The summed E-state index contributed by atoms with van der Waals surface area (Å²) in [6, 6.07) is 13.7. The maximum atomic E-state index is 12.0. The van der Waals surface area contributed by atoms with E-state index in [0.29, 0.717) is 17.0 Å². The van der Waals surface area contributed by atoms with Crippen molar-refractivity contribution >= 4 is 17.4 Å². The Hall–Kier alpha value is -2.62. The second-order valence-electron chi connectivity index (χ2n) is 4.38. The Balaban J connectivity index is 2.11. The van der Waals surface area contributed by atoms with Gasteiger partial charge in [0.05, 0.1) is 7.11 Å². The molecule has 0 aliphatic carbocycles. The number of methoxy groups -OCH3 is 1. The van der Waals surface area contributed by atoms with Gasteiger partial charge in [0, 0.05) is 17.3 Å². The molecule has 0 heterocycles. The fourth-order valence-corrected chi connectivity index (χ4v) is 1.72. The minimum atomic E-state index is -0.665. The van der Waals surface area contributed by atoms with Crippen LogP contribution in [-0.4, -0.2) is 18.8 Å². The van der Waals surface area contributed by atoms with Crippen LogP contribution in [0.3, 0.4) is 0 Å². The highest BCUT2D eigenvalue weighted by Gasteiger charge is 2.16. The van der Waals surface area contributed by atoms with Crippen molar-refractivity contribution in [3.05, 3.63) is 59.7 Å². The minimum absolute atomic E-state index is 0.371. The van der Waals surface area contributed by atoms with E-state index in [1.54, 1.807) is 55.6 Å². The maximum absolute atomic E-state index is 12.0. The van der Waals surface area contributed by atoms with Crippen LogP contribution in [0, 0.1) is 6.92 Å². The number of carbonyl (C=O) groups is 2. The van der Waals surface area contributed by atoms with Crippen LogP contribution in [0.5, 0.6) is 5.75 Å². The van der Waals surface area contributed by atoms with E-state index >= 15 is 0 Å². The summed E-state index contributed by atoms with van der Waals surface area (Å²) in [5, 5.41) is 2.56. The third-order valence-electron chi connectivity index (χ3n) is 2.85. The van der Waals surface area contributed by atoms with E-state index in [1.165, 1.54) is 0 Å². The topological polar surface area (TPSA) is 55.4 Å². The molecule has 2 aromatic carbocycles. The third-order valence-corrected chi connectivity index (χ3v) is 2.85. The molecule has 4 nitrogen and oxygen atoms in total. The van der Waals surface area contributed by atoms with E-state index in [1.807, 2.05) is 6.92 Å². The van der Waals surface area contributed by atoms with E-state index in [4.69, 9.17) is 4.74 Å². The lowest BCUT2D eigenvalue weighted by molar-refractivity contribution is -0.112. The molecule has 1 amide bonds. The molecule has 1 N–H and O–H groups in total. The summed E-state index contributed by atoms with van der Waals surface area (Å²) in [5.41, 5.74) is 1.93. The molecule has 102 valence electrons. The number of Topliss-reactive ketones (excluding diaryl/α,β-unsaturated/α-hetero) is 1. The first-order valence-electron chi connectivity index (χ1n) is 6.16. The largest absolute Gasteiger partial charge is 0.497 e. The molecule has 4 heteroatoms. The molecule has 0 atom stereocenters. The van der Waals surface area contributed by atoms with Crippen LogP contribution in [-0.2, 0) is 4.79 Å². The summed E-state index contributed by atoms with van der Waals surface area (Å²) < 4.78 is 5.06. The quantitative estimate of drug-likeness (QED) is 0.686. The first-order chi connectivity index (χ1) is 9.60. The van der Waals surface area contributed by atoms with Crippen molar-refractivity contribution in [1.29, 1.82) is 0 Å². The van der Waals surface area contributed by atoms with Gasteiger partial charge in [0.2, 0.25) is 0 Å². The summed E-state index contributed by atoms with van der Waals surface area (Å²) in [4.78, 5) is 23.9. The molecule has 2 rings (SSSR count). The lowest BCUT2D eigenvalue weighted by Gasteiger charge is -2.06. The number of amides is 1. The number of benzene rings is 2. The number of hydrogen-bond donors (Lipinski definition) is 1. The number of nitrogens with one attached hydrogen (secondary N) is 1. The third kappa shape index (κ3) is 3.23. The second kappa shape index (κ2) is 6.02. The number of aryl methyl sites for hydroxylation is 1. The fraction of sp³-hybridized carbons (Fsp3) is 0.125. The van der Waals surface area contributed by atoms with Crippen LogP contribution in [0.4, 0.5) is 5.69 Å². The van der Waals surface area contributed by atoms with E-state index in [2.05, 4.69) is 5.32 Å². The van der Waals surface area contributed by atoms with Gasteiger partial charge in [-0.3, -0.25) is 9.59 Å². The van der Waals surface area contributed by atoms with E-state index in [0.717, 1.165) is 5.56 Å². The summed E-state index contributed by atoms with van der Waals surface area (Å²) in [6.07, 6.45) is 0. The van der Waals surface area contributed by atoms with Gasteiger partial charge in [-0.15, -0.1) is 0 Å². The molecule has 0 aliphatic rings. The summed E-state index contributed by atoms with van der Waals surface area (Å²) in [7, 11) is 1.54. The van der Waals surface area contributed by atoms with Crippen LogP contribution in [0.1, 0.15) is 15.9 Å². The monoisotopic (exact) mass is 269 g/mol. The molecular weight excluding hydrogens is 254 g/mol. The minimum Gasteiger partial charge on any atom is -0.497 e. The highest BCUT2D eigenvalue weighted by molar-refractivity contribution is 6.46. The molecule has 0 aromatic heterocycles. The molecule has 0 unspecified atom stereocenters. The van der Waals surface area contributed by atoms with E-state index in [-0.39, 0.29) is 0 Å². The Morgan fingerprint density at radius 2 is 1.75 bits per heavy atom. The standard InChI is InChI=1S/C16H15NO3/c1-11-6-8-12(9-7-11)15(18)16(19)17-13-4-3-5-14(10-13)20-2/h3-10H,1-2H3,(H,17,19).